The molecule has 20 heavy (non-hydrogen) atoms. The van der Waals surface area contributed by atoms with Gasteiger partial charge in [0.25, 0.3) is 0 Å². The zero-order chi connectivity index (χ0) is 14.8. The van der Waals surface area contributed by atoms with Gasteiger partial charge in [0.2, 0.25) is 0 Å². The summed E-state index contributed by atoms with van der Waals surface area (Å²) in [5.41, 5.74) is 2.49. The molecule has 2 N–H and O–H groups in total. The van der Waals surface area contributed by atoms with Crippen LogP contribution in [-0.4, -0.2) is 26.6 Å². The van der Waals surface area contributed by atoms with Crippen LogP contribution in [-0.2, 0) is 6.54 Å². The lowest BCUT2D eigenvalue weighted by Gasteiger charge is -2.25. The number of hydrogen-bond donors (Lipinski definition) is 2. The average Bonchev–Trinajstić information content (AvgIpc) is 2.64. The lowest BCUT2D eigenvalue weighted by atomic mass is 9.94. The summed E-state index contributed by atoms with van der Waals surface area (Å²) in [7, 11) is 0. The quantitative estimate of drug-likeness (QED) is 0.851. The standard InChI is InChI=1S/C16H25N3O/c1-12(2)9-16(4,20)11-17-10-14-13(3)18-15-7-5-6-8-19(14)15/h5-8,12,17,20H,9-11H2,1-4H3. The van der Waals surface area contributed by atoms with E-state index in [1.54, 1.807) is 0 Å². The van der Waals surface area contributed by atoms with Crippen LogP contribution in [0.3, 0.4) is 0 Å². The van der Waals surface area contributed by atoms with Crippen molar-refractivity contribution in [2.75, 3.05) is 6.54 Å². The first-order chi connectivity index (χ1) is 9.39. The highest BCUT2D eigenvalue weighted by molar-refractivity contribution is 5.42. The molecule has 0 aliphatic carbocycles. The number of hydrogen-bond acceptors (Lipinski definition) is 3. The molecule has 2 heterocycles. The molecule has 0 aromatic carbocycles. The molecule has 110 valence electrons. The molecular formula is C16H25N3O. The molecule has 0 aliphatic heterocycles. The Morgan fingerprint density at radius 2 is 2.15 bits per heavy atom. The van der Waals surface area contributed by atoms with Crippen molar-refractivity contribution >= 4 is 5.65 Å². The van der Waals surface area contributed by atoms with E-state index in [4.69, 9.17) is 0 Å². The number of pyridine rings is 1. The van der Waals surface area contributed by atoms with Crippen LogP contribution in [0.5, 0.6) is 0 Å². The predicted octanol–water partition coefficient (Wildman–Crippen LogP) is 2.53. The number of nitrogens with one attached hydrogen (secondary N) is 1. The fraction of sp³-hybridized carbons (Fsp3) is 0.562. The summed E-state index contributed by atoms with van der Waals surface area (Å²) in [5, 5.41) is 13.7. The third-order valence-corrected chi connectivity index (χ3v) is 3.48. The molecule has 0 radical (unpaired) electrons. The van der Waals surface area contributed by atoms with Crippen LogP contribution < -0.4 is 5.32 Å². The van der Waals surface area contributed by atoms with Crippen molar-refractivity contribution in [2.45, 2.75) is 46.3 Å². The van der Waals surface area contributed by atoms with Gasteiger partial charge in [-0.1, -0.05) is 19.9 Å². The number of imidazole rings is 1. The Labute approximate surface area is 120 Å². The SMILES string of the molecule is Cc1nc2ccccn2c1CNCC(C)(O)CC(C)C. The maximum absolute atomic E-state index is 10.3. The first-order valence-electron chi connectivity index (χ1n) is 7.25. The Morgan fingerprint density at radius 1 is 1.40 bits per heavy atom. The fourth-order valence-corrected chi connectivity index (χ4v) is 2.78. The third-order valence-electron chi connectivity index (χ3n) is 3.48. The Balaban J connectivity index is 2.01. The van der Waals surface area contributed by atoms with E-state index in [-0.39, 0.29) is 0 Å². The number of fused-ring (bicyclic) bond motifs is 1. The highest BCUT2D eigenvalue weighted by atomic mass is 16.3. The van der Waals surface area contributed by atoms with Crippen molar-refractivity contribution in [3.8, 4) is 0 Å². The molecule has 0 amide bonds. The van der Waals surface area contributed by atoms with E-state index in [1.807, 2.05) is 38.2 Å². The van der Waals surface area contributed by atoms with Crippen LogP contribution in [0.25, 0.3) is 5.65 Å². The van der Waals surface area contributed by atoms with E-state index in [2.05, 4.69) is 28.5 Å². The largest absolute Gasteiger partial charge is 0.389 e. The van der Waals surface area contributed by atoms with E-state index < -0.39 is 5.60 Å². The van der Waals surface area contributed by atoms with E-state index in [9.17, 15) is 5.11 Å². The Morgan fingerprint density at radius 3 is 2.85 bits per heavy atom. The van der Waals surface area contributed by atoms with Crippen LogP contribution >= 0.6 is 0 Å². The van der Waals surface area contributed by atoms with Gasteiger partial charge in [0.15, 0.2) is 0 Å². The van der Waals surface area contributed by atoms with E-state index in [1.165, 1.54) is 0 Å². The summed E-state index contributed by atoms with van der Waals surface area (Å²) >= 11 is 0. The van der Waals surface area contributed by atoms with Gasteiger partial charge in [-0.15, -0.1) is 0 Å². The molecule has 1 unspecified atom stereocenters. The molecule has 1 atom stereocenters. The molecular weight excluding hydrogens is 250 g/mol. The normalized spacial score (nSPS) is 14.9. The number of aliphatic hydroxyl groups is 1. The molecule has 2 rings (SSSR count). The molecule has 0 saturated carbocycles. The van der Waals surface area contributed by atoms with Crippen molar-refractivity contribution in [1.82, 2.24) is 14.7 Å². The topological polar surface area (TPSA) is 49.6 Å². The average molecular weight is 275 g/mol. The van der Waals surface area contributed by atoms with E-state index >= 15 is 0 Å². The zero-order valence-electron chi connectivity index (χ0n) is 12.8. The van der Waals surface area contributed by atoms with Crippen molar-refractivity contribution < 1.29 is 5.11 Å². The number of aromatic nitrogens is 2. The van der Waals surface area contributed by atoms with Gasteiger partial charge in [-0.2, -0.15) is 0 Å². The number of rotatable bonds is 6. The Kier molecular flexibility index (Phi) is 4.45. The van der Waals surface area contributed by atoms with Crippen LogP contribution in [0.1, 0.15) is 38.6 Å². The maximum atomic E-state index is 10.3. The second-order valence-corrected chi connectivity index (χ2v) is 6.27. The number of aryl methyl sites for hydroxylation is 1. The third kappa shape index (κ3) is 3.58. The minimum Gasteiger partial charge on any atom is -0.389 e. The van der Waals surface area contributed by atoms with Crippen LogP contribution in [0, 0.1) is 12.8 Å². The lowest BCUT2D eigenvalue weighted by Crippen LogP contribution is -2.38. The summed E-state index contributed by atoms with van der Waals surface area (Å²) in [6, 6.07) is 6.00. The minimum absolute atomic E-state index is 0.490. The lowest BCUT2D eigenvalue weighted by molar-refractivity contribution is 0.0382. The highest BCUT2D eigenvalue weighted by Crippen LogP contribution is 2.16. The summed E-state index contributed by atoms with van der Waals surface area (Å²) in [6.45, 7) is 9.47. The predicted molar refractivity (Wildman–Crippen MR) is 81.7 cm³/mol. The number of nitrogens with zero attached hydrogens (tertiary/aromatic N) is 2. The van der Waals surface area contributed by atoms with Gasteiger partial charge in [0.05, 0.1) is 17.0 Å². The van der Waals surface area contributed by atoms with Gasteiger partial charge in [0, 0.05) is 19.3 Å². The fourth-order valence-electron chi connectivity index (χ4n) is 2.78. The molecule has 0 fully saturated rings. The highest BCUT2D eigenvalue weighted by Gasteiger charge is 2.21. The molecule has 4 nitrogen and oxygen atoms in total. The van der Waals surface area contributed by atoms with Gasteiger partial charge >= 0.3 is 0 Å². The summed E-state index contributed by atoms with van der Waals surface area (Å²) in [4.78, 5) is 4.54. The Hall–Kier alpha value is -1.39. The van der Waals surface area contributed by atoms with Crippen molar-refractivity contribution in [2.24, 2.45) is 5.92 Å². The molecule has 0 aliphatic rings. The summed E-state index contributed by atoms with van der Waals surface area (Å²) in [5.74, 6) is 0.490. The Bertz CT molecular complexity index is 572. The smallest absolute Gasteiger partial charge is 0.137 e. The van der Waals surface area contributed by atoms with E-state index in [0.717, 1.165) is 23.5 Å². The van der Waals surface area contributed by atoms with Crippen molar-refractivity contribution in [3.63, 3.8) is 0 Å². The first-order valence-corrected chi connectivity index (χ1v) is 7.25. The van der Waals surface area contributed by atoms with Gasteiger partial charge in [-0.25, -0.2) is 4.98 Å². The van der Waals surface area contributed by atoms with E-state index in [0.29, 0.717) is 19.0 Å². The molecule has 0 saturated heterocycles. The zero-order valence-corrected chi connectivity index (χ0v) is 12.8. The summed E-state index contributed by atoms with van der Waals surface area (Å²) in [6.07, 6.45) is 2.82. The molecule has 4 heteroatoms. The van der Waals surface area contributed by atoms with Crippen molar-refractivity contribution in [1.29, 1.82) is 0 Å². The monoisotopic (exact) mass is 275 g/mol. The molecule has 2 aromatic heterocycles. The first kappa shape index (κ1) is 15.0. The molecule has 0 spiro atoms. The second kappa shape index (κ2) is 5.94. The van der Waals surface area contributed by atoms with Gasteiger partial charge in [0.1, 0.15) is 5.65 Å². The van der Waals surface area contributed by atoms with Crippen molar-refractivity contribution in [3.05, 3.63) is 35.8 Å². The van der Waals surface area contributed by atoms with Crippen LogP contribution in [0.4, 0.5) is 0 Å². The minimum atomic E-state index is -0.664. The summed E-state index contributed by atoms with van der Waals surface area (Å²) < 4.78 is 2.10. The maximum Gasteiger partial charge on any atom is 0.137 e. The molecule has 0 bridgehead atoms. The van der Waals surface area contributed by atoms with Gasteiger partial charge in [-0.3, -0.25) is 0 Å². The van der Waals surface area contributed by atoms with Gasteiger partial charge in [-0.05, 0) is 38.3 Å². The van der Waals surface area contributed by atoms with Crippen LogP contribution in [0.15, 0.2) is 24.4 Å². The second-order valence-electron chi connectivity index (χ2n) is 6.27. The van der Waals surface area contributed by atoms with Crippen LogP contribution in [0.2, 0.25) is 0 Å². The molecule has 2 aromatic rings. The van der Waals surface area contributed by atoms with Gasteiger partial charge < -0.3 is 14.8 Å².